The lowest BCUT2D eigenvalue weighted by Gasteiger charge is -2.14. The van der Waals surface area contributed by atoms with Gasteiger partial charge in [-0.25, -0.2) is 4.99 Å². The second kappa shape index (κ2) is 12.5. The van der Waals surface area contributed by atoms with Crippen molar-refractivity contribution in [3.8, 4) is 5.69 Å². The molecule has 0 saturated carbocycles. The molecule has 0 spiro atoms. The highest BCUT2D eigenvalue weighted by Crippen LogP contribution is 2.44. The molecule has 0 aliphatic carbocycles. The maximum absolute atomic E-state index is 7.44. The van der Waals surface area contributed by atoms with E-state index in [4.69, 9.17) is 20.9 Å². The summed E-state index contributed by atoms with van der Waals surface area (Å²) < 4.78 is 9.33. The van der Waals surface area contributed by atoms with Crippen LogP contribution >= 0.6 is 0 Å². The summed E-state index contributed by atoms with van der Waals surface area (Å²) in [6.07, 6.45) is 0. The average molecular weight is 719 g/mol. The minimum Gasteiger partial charge on any atom is -0.455 e. The van der Waals surface area contributed by atoms with Gasteiger partial charge >= 0.3 is 0 Å². The lowest BCUT2D eigenvalue weighted by molar-refractivity contribution is 0.671. The number of amidine groups is 1. The van der Waals surface area contributed by atoms with Gasteiger partial charge in [0.05, 0.1) is 22.4 Å². The van der Waals surface area contributed by atoms with Gasteiger partial charge in [-0.1, -0.05) is 152 Å². The maximum atomic E-state index is 7.44. The van der Waals surface area contributed by atoms with Crippen LogP contribution in [0.15, 0.2) is 191 Å². The molecule has 56 heavy (non-hydrogen) atoms. The summed E-state index contributed by atoms with van der Waals surface area (Å²) >= 11 is 0. The lowest BCUT2D eigenvalue weighted by atomic mass is 10.00. The van der Waals surface area contributed by atoms with E-state index in [0.29, 0.717) is 22.8 Å². The highest BCUT2D eigenvalue weighted by Gasteiger charge is 2.23. The minimum absolute atomic E-state index is 0.372. The third-order valence-electron chi connectivity index (χ3n) is 11.1. The molecular weight excluding hydrogens is 685 g/mol. The molecule has 4 N–H and O–H groups in total. The van der Waals surface area contributed by atoms with Crippen LogP contribution in [0.25, 0.3) is 93.1 Å². The largest absolute Gasteiger partial charge is 0.455 e. The Morgan fingerprint density at radius 1 is 0.446 bits per heavy atom. The number of hydrogen-bond acceptors (Lipinski definition) is 3. The van der Waals surface area contributed by atoms with Crippen molar-refractivity contribution in [3.05, 3.63) is 199 Å². The topological polar surface area (TPSA) is 82.5 Å². The molecule has 11 aromatic rings. The van der Waals surface area contributed by atoms with Gasteiger partial charge < -0.3 is 20.5 Å². The molecule has 0 amide bonds. The molecule has 0 fully saturated rings. The molecule has 0 aliphatic heterocycles. The number of nitrogens with two attached hydrogens (primary N) is 2. The van der Waals surface area contributed by atoms with Gasteiger partial charge in [-0.05, 0) is 57.3 Å². The van der Waals surface area contributed by atoms with Crippen molar-refractivity contribution in [2.75, 3.05) is 0 Å². The van der Waals surface area contributed by atoms with E-state index in [1.807, 2.05) is 60.7 Å². The molecule has 0 unspecified atom stereocenters. The predicted molar refractivity (Wildman–Crippen MR) is 235 cm³/mol. The first-order valence-corrected chi connectivity index (χ1v) is 18.8. The highest BCUT2D eigenvalue weighted by molar-refractivity contribution is 6.29. The molecule has 2 heterocycles. The summed E-state index contributed by atoms with van der Waals surface area (Å²) in [6, 6.07) is 63.1. The van der Waals surface area contributed by atoms with Gasteiger partial charge in [0.1, 0.15) is 17.0 Å². The highest BCUT2D eigenvalue weighted by atomic mass is 16.3. The van der Waals surface area contributed by atoms with Gasteiger partial charge in [0.25, 0.3) is 0 Å². The third-order valence-corrected chi connectivity index (χ3v) is 11.1. The number of nitrogens with zero attached hydrogens (tertiary/aromatic N) is 2. The zero-order valence-corrected chi connectivity index (χ0v) is 30.3. The van der Waals surface area contributed by atoms with Crippen molar-refractivity contribution in [2.24, 2.45) is 16.5 Å². The van der Waals surface area contributed by atoms with Gasteiger partial charge in [0, 0.05) is 49.3 Å². The van der Waals surface area contributed by atoms with Crippen molar-refractivity contribution < 1.29 is 4.42 Å². The SMILES string of the molecule is NC(=N/C(=C(\N)c1cc(-n2c3ccc4ccccc4c3c3c4ccccc4ccc32)cc2c1oc1c3ccccc3ccc21)c1ccccc1)c1ccccc1. The van der Waals surface area contributed by atoms with Crippen molar-refractivity contribution in [3.63, 3.8) is 0 Å². The van der Waals surface area contributed by atoms with Crippen LogP contribution in [-0.2, 0) is 0 Å². The van der Waals surface area contributed by atoms with Crippen molar-refractivity contribution in [2.45, 2.75) is 0 Å². The molecule has 0 atom stereocenters. The van der Waals surface area contributed by atoms with Crippen LogP contribution in [-0.4, -0.2) is 10.4 Å². The van der Waals surface area contributed by atoms with E-state index in [0.717, 1.165) is 60.5 Å². The Morgan fingerprint density at radius 3 is 1.59 bits per heavy atom. The van der Waals surface area contributed by atoms with Crippen molar-refractivity contribution >= 4 is 93.3 Å². The summed E-state index contributed by atoms with van der Waals surface area (Å²) in [5.74, 6) is 0.372. The van der Waals surface area contributed by atoms with Crippen molar-refractivity contribution in [1.82, 2.24) is 4.57 Å². The Hall–Kier alpha value is -7.63. The number of rotatable bonds is 5. The molecule has 2 aromatic heterocycles. The van der Waals surface area contributed by atoms with Gasteiger partial charge in [-0.3, -0.25) is 0 Å². The van der Waals surface area contributed by atoms with Crippen LogP contribution < -0.4 is 11.5 Å². The van der Waals surface area contributed by atoms with E-state index >= 15 is 0 Å². The second-order valence-corrected chi connectivity index (χ2v) is 14.3. The Bertz CT molecular complexity index is 3330. The third kappa shape index (κ3) is 4.84. The summed E-state index contributed by atoms with van der Waals surface area (Å²) in [7, 11) is 0. The molecule has 264 valence electrons. The molecular formula is C51H34N4O. The summed E-state index contributed by atoms with van der Waals surface area (Å²) in [4.78, 5) is 5.07. The fourth-order valence-corrected chi connectivity index (χ4v) is 8.54. The van der Waals surface area contributed by atoms with Gasteiger partial charge in [0.15, 0.2) is 0 Å². The Labute approximate surface area is 322 Å². The number of fused-ring (bicyclic) bond motifs is 12. The van der Waals surface area contributed by atoms with Crippen LogP contribution in [0.3, 0.4) is 0 Å². The standard InChI is InChI=1S/C51H34N4O/c52-47(48(34-16-3-1-4-17-34)54-51(53)35-18-5-2-6-19-35)42-30-36(29-41-40-26-23-33-15-9-12-22-39(33)49(40)56-50(41)42)55-43-27-24-31-13-7-10-20-37(31)45(43)46-38-21-11-8-14-32(38)25-28-44(46)55/h1-30H,52H2,(H2,53,54)/b48-47-. The molecule has 5 nitrogen and oxygen atoms in total. The van der Waals surface area contributed by atoms with Crippen LogP contribution in [0.1, 0.15) is 16.7 Å². The molecule has 0 radical (unpaired) electrons. The van der Waals surface area contributed by atoms with Gasteiger partial charge in [0.2, 0.25) is 0 Å². The fraction of sp³-hybridized carbons (Fsp3) is 0. The van der Waals surface area contributed by atoms with E-state index in [9.17, 15) is 0 Å². The molecule has 9 aromatic carbocycles. The molecule has 0 aliphatic rings. The zero-order valence-electron chi connectivity index (χ0n) is 30.3. The Kier molecular flexibility index (Phi) is 7.09. The number of aromatic nitrogens is 1. The van der Waals surface area contributed by atoms with Crippen molar-refractivity contribution in [1.29, 1.82) is 0 Å². The summed E-state index contributed by atoms with van der Waals surface area (Å²) in [6.45, 7) is 0. The molecule has 0 bridgehead atoms. The van der Waals surface area contributed by atoms with E-state index in [1.54, 1.807) is 0 Å². The fourth-order valence-electron chi connectivity index (χ4n) is 8.54. The van der Waals surface area contributed by atoms with Crippen LogP contribution in [0, 0.1) is 0 Å². The number of benzene rings is 9. The second-order valence-electron chi connectivity index (χ2n) is 14.3. The first kappa shape index (κ1) is 31.9. The summed E-state index contributed by atoms with van der Waals surface area (Å²) in [5, 5.41) is 11.4. The summed E-state index contributed by atoms with van der Waals surface area (Å²) in [5.41, 5.74) is 22.3. The van der Waals surface area contributed by atoms with Crippen LogP contribution in [0.2, 0.25) is 0 Å². The zero-order chi connectivity index (χ0) is 37.3. The molecule has 5 heteroatoms. The first-order chi connectivity index (χ1) is 27.6. The maximum Gasteiger partial charge on any atom is 0.144 e. The number of aliphatic imine (C=N–C) groups is 1. The van der Waals surface area contributed by atoms with E-state index in [2.05, 4.69) is 126 Å². The molecule has 0 saturated heterocycles. The Balaban J connectivity index is 1.30. The minimum atomic E-state index is 0.372. The van der Waals surface area contributed by atoms with E-state index in [1.165, 1.54) is 32.3 Å². The van der Waals surface area contributed by atoms with Gasteiger partial charge in [-0.15, -0.1) is 0 Å². The molecule has 11 rings (SSSR count). The average Bonchev–Trinajstić information content (AvgIpc) is 3.82. The monoisotopic (exact) mass is 718 g/mol. The number of hydrogen-bond donors (Lipinski definition) is 2. The smallest absolute Gasteiger partial charge is 0.144 e. The van der Waals surface area contributed by atoms with E-state index in [-0.39, 0.29) is 0 Å². The number of furan rings is 1. The predicted octanol–water partition coefficient (Wildman–Crippen LogP) is 12.3. The normalized spacial score (nSPS) is 12.8. The van der Waals surface area contributed by atoms with Gasteiger partial charge in [-0.2, -0.15) is 0 Å². The van der Waals surface area contributed by atoms with E-state index < -0.39 is 0 Å². The van der Waals surface area contributed by atoms with Crippen LogP contribution in [0.4, 0.5) is 0 Å². The quantitative estimate of drug-likeness (QED) is 0.106. The first-order valence-electron chi connectivity index (χ1n) is 18.8. The lowest BCUT2D eigenvalue weighted by Crippen LogP contribution is -2.14. The van der Waals surface area contributed by atoms with Crippen LogP contribution in [0.5, 0.6) is 0 Å². The Morgan fingerprint density at radius 2 is 0.964 bits per heavy atom.